The molecule has 0 radical (unpaired) electrons. The molecule has 0 saturated heterocycles. The number of aromatic nitrogens is 1. The van der Waals surface area contributed by atoms with Crippen LogP contribution < -0.4 is 11.3 Å². The summed E-state index contributed by atoms with van der Waals surface area (Å²) in [7, 11) is 0. The molecule has 1 aromatic heterocycles. The summed E-state index contributed by atoms with van der Waals surface area (Å²) in [5, 5.41) is 9.58. The van der Waals surface area contributed by atoms with Crippen LogP contribution in [0.15, 0.2) is 35.1 Å². The molecule has 118 valence electrons. The molecule has 0 bridgehead atoms. The van der Waals surface area contributed by atoms with Gasteiger partial charge < -0.3 is 10.5 Å². The van der Waals surface area contributed by atoms with E-state index in [-0.39, 0.29) is 24.1 Å². The fraction of sp³-hybridized carbons (Fsp3) is 0.333. The number of nitrogens with zero attached hydrogens (tertiary/aromatic N) is 2. The van der Waals surface area contributed by atoms with Gasteiger partial charge in [-0.25, -0.2) is 0 Å². The zero-order chi connectivity index (χ0) is 16.6. The molecule has 1 atom stereocenters. The van der Waals surface area contributed by atoms with Crippen molar-refractivity contribution in [2.24, 2.45) is 5.92 Å². The molecule has 1 aromatic carbocycles. The Bertz CT molecular complexity index is 832. The Hall–Kier alpha value is -2.58. The number of hydrogen-bond donors (Lipinski definition) is 1. The first-order valence-corrected chi connectivity index (χ1v) is 7.68. The lowest BCUT2D eigenvalue weighted by atomic mass is 9.91. The van der Waals surface area contributed by atoms with Crippen LogP contribution in [0, 0.1) is 17.2 Å². The predicted molar refractivity (Wildman–Crippen MR) is 88.3 cm³/mol. The van der Waals surface area contributed by atoms with Crippen molar-refractivity contribution in [1.82, 2.24) is 4.57 Å². The second-order valence-electron chi connectivity index (χ2n) is 6.10. The molecule has 5 nitrogen and oxygen atoms in total. The van der Waals surface area contributed by atoms with E-state index < -0.39 is 0 Å². The number of pyridine rings is 1. The molecule has 0 saturated carbocycles. The summed E-state index contributed by atoms with van der Waals surface area (Å²) in [6, 6.07) is 11.3. The molecular weight excluding hydrogens is 290 g/mol. The van der Waals surface area contributed by atoms with E-state index in [1.807, 2.05) is 18.2 Å². The number of fused-ring (bicyclic) bond motifs is 1. The van der Waals surface area contributed by atoms with Crippen LogP contribution in [0.25, 0.3) is 5.69 Å². The number of nitriles is 1. The maximum atomic E-state index is 12.9. The molecule has 1 aliphatic rings. The Morgan fingerprint density at radius 2 is 2.00 bits per heavy atom. The van der Waals surface area contributed by atoms with Gasteiger partial charge in [-0.1, -0.05) is 32.0 Å². The first kappa shape index (κ1) is 15.3. The van der Waals surface area contributed by atoms with Crippen molar-refractivity contribution >= 4 is 5.82 Å². The van der Waals surface area contributed by atoms with Gasteiger partial charge in [0.1, 0.15) is 11.9 Å². The van der Waals surface area contributed by atoms with Gasteiger partial charge >= 0.3 is 0 Å². The highest BCUT2D eigenvalue weighted by atomic mass is 16.5. The van der Waals surface area contributed by atoms with E-state index in [0.29, 0.717) is 29.2 Å². The largest absolute Gasteiger partial charge is 0.384 e. The van der Waals surface area contributed by atoms with Crippen molar-refractivity contribution in [2.45, 2.75) is 33.0 Å². The molecule has 2 heterocycles. The normalized spacial score (nSPS) is 16.9. The van der Waals surface area contributed by atoms with E-state index in [1.165, 1.54) is 4.57 Å². The second kappa shape index (κ2) is 5.90. The minimum Gasteiger partial charge on any atom is -0.384 e. The quantitative estimate of drug-likeness (QED) is 0.923. The van der Waals surface area contributed by atoms with Gasteiger partial charge in [0.15, 0.2) is 0 Å². The van der Waals surface area contributed by atoms with Crippen molar-refractivity contribution in [1.29, 1.82) is 5.26 Å². The van der Waals surface area contributed by atoms with Gasteiger partial charge in [-0.3, -0.25) is 9.36 Å². The van der Waals surface area contributed by atoms with Crippen molar-refractivity contribution in [3.8, 4) is 11.8 Å². The fourth-order valence-corrected chi connectivity index (χ4v) is 3.00. The number of nitrogen functional groups attached to an aromatic ring is 1. The number of anilines is 1. The van der Waals surface area contributed by atoms with Crippen LogP contribution in [0.3, 0.4) is 0 Å². The van der Waals surface area contributed by atoms with E-state index in [1.54, 1.807) is 12.1 Å². The van der Waals surface area contributed by atoms with Gasteiger partial charge in [0, 0.05) is 12.0 Å². The molecule has 0 spiro atoms. The number of para-hydroxylation sites is 1. The molecule has 0 unspecified atom stereocenters. The van der Waals surface area contributed by atoms with E-state index in [0.717, 1.165) is 5.56 Å². The molecule has 2 N–H and O–H groups in total. The molecule has 3 rings (SSSR count). The summed E-state index contributed by atoms with van der Waals surface area (Å²) in [6.45, 7) is 4.35. The lowest BCUT2D eigenvalue weighted by molar-refractivity contribution is -0.00117. The minimum atomic E-state index is -0.204. The highest BCUT2D eigenvalue weighted by Crippen LogP contribution is 2.29. The molecule has 23 heavy (non-hydrogen) atoms. The van der Waals surface area contributed by atoms with Crippen LogP contribution in [0.5, 0.6) is 0 Å². The molecule has 0 fully saturated rings. The van der Waals surface area contributed by atoms with Gasteiger partial charge in [0.25, 0.3) is 5.56 Å². The maximum Gasteiger partial charge on any atom is 0.262 e. The zero-order valence-electron chi connectivity index (χ0n) is 13.2. The van der Waals surface area contributed by atoms with Crippen LogP contribution in [0.1, 0.15) is 30.5 Å². The first-order chi connectivity index (χ1) is 11.0. The maximum absolute atomic E-state index is 12.9. The van der Waals surface area contributed by atoms with E-state index in [4.69, 9.17) is 10.5 Å². The molecule has 0 aliphatic carbocycles. The van der Waals surface area contributed by atoms with Gasteiger partial charge in [-0.05, 0) is 23.6 Å². The third-order valence-corrected chi connectivity index (χ3v) is 4.34. The lowest BCUT2D eigenvalue weighted by Crippen LogP contribution is -2.36. The second-order valence-corrected chi connectivity index (χ2v) is 6.10. The highest BCUT2D eigenvalue weighted by Gasteiger charge is 2.29. The summed E-state index contributed by atoms with van der Waals surface area (Å²) in [4.78, 5) is 12.9. The Balaban J connectivity index is 2.25. The van der Waals surface area contributed by atoms with Crippen molar-refractivity contribution < 1.29 is 4.74 Å². The number of rotatable bonds is 2. The van der Waals surface area contributed by atoms with Crippen molar-refractivity contribution in [3.63, 3.8) is 0 Å². The molecule has 2 aromatic rings. The zero-order valence-corrected chi connectivity index (χ0v) is 13.2. The SMILES string of the molecule is CC(C)[C@H]1Cc2c(C#N)c(N)n(-c3ccccc3)c(=O)c2CO1. The minimum absolute atomic E-state index is 0.000903. The summed E-state index contributed by atoms with van der Waals surface area (Å²) >= 11 is 0. The molecule has 0 amide bonds. The van der Waals surface area contributed by atoms with Gasteiger partial charge in [-0.2, -0.15) is 5.26 Å². The fourth-order valence-electron chi connectivity index (χ4n) is 3.00. The summed E-state index contributed by atoms with van der Waals surface area (Å²) in [5.41, 5.74) is 8.29. The average Bonchev–Trinajstić information content (AvgIpc) is 2.56. The van der Waals surface area contributed by atoms with Crippen LogP contribution in [0.2, 0.25) is 0 Å². The number of nitrogens with two attached hydrogens (primary N) is 1. The van der Waals surface area contributed by atoms with Gasteiger partial charge in [0.05, 0.1) is 24.0 Å². The Kier molecular flexibility index (Phi) is 3.93. The van der Waals surface area contributed by atoms with E-state index >= 15 is 0 Å². The van der Waals surface area contributed by atoms with Crippen molar-refractivity contribution in [3.05, 3.63) is 57.4 Å². The Labute approximate surface area is 134 Å². The standard InChI is InChI=1S/C18H19N3O2/c1-11(2)16-8-13-14(9-19)17(20)21(12-6-4-3-5-7-12)18(22)15(13)10-23-16/h3-7,11,16H,8,10,20H2,1-2H3/t16-/m1/s1. The third-order valence-electron chi connectivity index (χ3n) is 4.34. The molecule has 1 aliphatic heterocycles. The van der Waals surface area contributed by atoms with Crippen LogP contribution in [-0.2, 0) is 17.8 Å². The number of benzene rings is 1. The van der Waals surface area contributed by atoms with Crippen LogP contribution in [-0.4, -0.2) is 10.7 Å². The van der Waals surface area contributed by atoms with Gasteiger partial charge in [0.2, 0.25) is 0 Å². The Morgan fingerprint density at radius 1 is 1.30 bits per heavy atom. The first-order valence-electron chi connectivity index (χ1n) is 7.68. The van der Waals surface area contributed by atoms with E-state index in [2.05, 4.69) is 19.9 Å². The number of hydrogen-bond acceptors (Lipinski definition) is 4. The molecular formula is C18H19N3O2. The summed E-state index contributed by atoms with van der Waals surface area (Å²) < 4.78 is 7.21. The summed E-state index contributed by atoms with van der Waals surface area (Å²) in [5.74, 6) is 0.513. The lowest BCUT2D eigenvalue weighted by Gasteiger charge is -2.29. The van der Waals surface area contributed by atoms with E-state index in [9.17, 15) is 10.1 Å². The third kappa shape index (κ3) is 2.51. The smallest absolute Gasteiger partial charge is 0.262 e. The highest BCUT2D eigenvalue weighted by molar-refractivity contribution is 5.60. The van der Waals surface area contributed by atoms with Crippen LogP contribution >= 0.6 is 0 Å². The summed E-state index contributed by atoms with van der Waals surface area (Å²) in [6.07, 6.45) is 0.547. The average molecular weight is 309 g/mol. The predicted octanol–water partition coefficient (Wildman–Crippen LogP) is 2.39. The topological polar surface area (TPSA) is 81.0 Å². The van der Waals surface area contributed by atoms with Gasteiger partial charge in [-0.15, -0.1) is 0 Å². The molecule has 5 heteroatoms. The monoisotopic (exact) mass is 309 g/mol. The van der Waals surface area contributed by atoms with Crippen molar-refractivity contribution in [2.75, 3.05) is 5.73 Å². The Morgan fingerprint density at radius 3 is 2.61 bits per heavy atom. The van der Waals surface area contributed by atoms with Crippen LogP contribution in [0.4, 0.5) is 5.82 Å². The number of ether oxygens (including phenoxy) is 1.